The van der Waals surface area contributed by atoms with Crippen LogP contribution in [0.3, 0.4) is 0 Å². The summed E-state index contributed by atoms with van der Waals surface area (Å²) in [6.45, 7) is 5.02. The minimum atomic E-state index is -0.00833. The number of amides is 1. The molecule has 0 radical (unpaired) electrons. The van der Waals surface area contributed by atoms with Gasteiger partial charge >= 0.3 is 0 Å². The predicted octanol–water partition coefficient (Wildman–Crippen LogP) is 2.19. The summed E-state index contributed by atoms with van der Waals surface area (Å²) in [6.07, 6.45) is 6.53. The minimum Gasteiger partial charge on any atom is -0.383 e. The monoisotopic (exact) mass is 233 g/mol. The highest BCUT2D eigenvalue weighted by molar-refractivity contribution is 5.99. The van der Waals surface area contributed by atoms with Crippen LogP contribution < -0.4 is 10.6 Å². The quantitative estimate of drug-likeness (QED) is 0.819. The highest BCUT2D eigenvalue weighted by atomic mass is 16.1. The van der Waals surface area contributed by atoms with E-state index in [4.69, 9.17) is 0 Å². The van der Waals surface area contributed by atoms with Crippen LogP contribution in [0.4, 0.5) is 5.69 Å². The normalized spacial score (nSPS) is 16.4. The number of aromatic nitrogens is 1. The van der Waals surface area contributed by atoms with Gasteiger partial charge in [-0.05, 0) is 32.3 Å². The van der Waals surface area contributed by atoms with Gasteiger partial charge in [-0.1, -0.05) is 6.92 Å². The SMILES string of the molecule is CCCNc1cnccc1C(=O)NC1(C)CC1. The maximum atomic E-state index is 12.1. The second kappa shape index (κ2) is 4.73. The lowest BCUT2D eigenvalue weighted by atomic mass is 10.2. The molecule has 1 saturated carbocycles. The van der Waals surface area contributed by atoms with Gasteiger partial charge in [0.05, 0.1) is 17.4 Å². The van der Waals surface area contributed by atoms with E-state index in [1.807, 2.05) is 0 Å². The molecule has 4 nitrogen and oxygen atoms in total. The van der Waals surface area contributed by atoms with Crippen molar-refractivity contribution in [1.82, 2.24) is 10.3 Å². The molecule has 4 heteroatoms. The summed E-state index contributed by atoms with van der Waals surface area (Å²) in [5.41, 5.74) is 1.51. The van der Waals surface area contributed by atoms with E-state index >= 15 is 0 Å². The van der Waals surface area contributed by atoms with E-state index in [9.17, 15) is 4.79 Å². The highest BCUT2D eigenvalue weighted by Gasteiger charge is 2.39. The number of anilines is 1. The number of pyridine rings is 1. The molecule has 1 heterocycles. The largest absolute Gasteiger partial charge is 0.383 e. The van der Waals surface area contributed by atoms with Crippen molar-refractivity contribution in [3.8, 4) is 0 Å². The number of nitrogens with zero attached hydrogens (tertiary/aromatic N) is 1. The van der Waals surface area contributed by atoms with E-state index < -0.39 is 0 Å². The zero-order valence-corrected chi connectivity index (χ0v) is 10.4. The van der Waals surface area contributed by atoms with Crippen molar-refractivity contribution in [2.75, 3.05) is 11.9 Å². The Morgan fingerprint density at radius 1 is 1.53 bits per heavy atom. The zero-order chi connectivity index (χ0) is 12.3. The predicted molar refractivity (Wildman–Crippen MR) is 68.1 cm³/mol. The third-order valence-corrected chi connectivity index (χ3v) is 3.05. The van der Waals surface area contributed by atoms with Gasteiger partial charge in [-0.3, -0.25) is 9.78 Å². The molecule has 0 bridgehead atoms. The molecule has 2 N–H and O–H groups in total. The third kappa shape index (κ3) is 2.96. The highest BCUT2D eigenvalue weighted by Crippen LogP contribution is 2.34. The van der Waals surface area contributed by atoms with E-state index in [0.717, 1.165) is 31.5 Å². The Hall–Kier alpha value is -1.58. The van der Waals surface area contributed by atoms with Gasteiger partial charge in [0.25, 0.3) is 5.91 Å². The first kappa shape index (κ1) is 11.9. The second-order valence-electron chi connectivity index (χ2n) is 4.86. The van der Waals surface area contributed by atoms with Crippen LogP contribution in [0.5, 0.6) is 0 Å². The number of carbonyl (C=O) groups excluding carboxylic acids is 1. The van der Waals surface area contributed by atoms with Gasteiger partial charge < -0.3 is 10.6 Å². The van der Waals surface area contributed by atoms with Gasteiger partial charge in [-0.2, -0.15) is 0 Å². The Morgan fingerprint density at radius 3 is 2.94 bits per heavy atom. The van der Waals surface area contributed by atoms with Gasteiger partial charge in [-0.15, -0.1) is 0 Å². The van der Waals surface area contributed by atoms with Gasteiger partial charge in [0, 0.05) is 18.3 Å². The molecule has 0 aliphatic heterocycles. The molecular formula is C13H19N3O. The molecule has 1 aromatic heterocycles. The van der Waals surface area contributed by atoms with Gasteiger partial charge in [-0.25, -0.2) is 0 Å². The molecule has 0 unspecified atom stereocenters. The average molecular weight is 233 g/mol. The smallest absolute Gasteiger partial charge is 0.253 e. The number of hydrogen-bond acceptors (Lipinski definition) is 3. The second-order valence-corrected chi connectivity index (χ2v) is 4.86. The van der Waals surface area contributed by atoms with E-state index in [1.165, 1.54) is 0 Å². The number of hydrogen-bond donors (Lipinski definition) is 2. The molecule has 0 atom stereocenters. The van der Waals surface area contributed by atoms with Crippen molar-refractivity contribution in [2.45, 2.75) is 38.6 Å². The first-order valence-electron chi connectivity index (χ1n) is 6.15. The molecular weight excluding hydrogens is 214 g/mol. The Labute approximate surface area is 102 Å². The van der Waals surface area contributed by atoms with Crippen LogP contribution in [-0.4, -0.2) is 23.0 Å². The summed E-state index contributed by atoms with van der Waals surface area (Å²) >= 11 is 0. The van der Waals surface area contributed by atoms with Crippen LogP contribution in [-0.2, 0) is 0 Å². The summed E-state index contributed by atoms with van der Waals surface area (Å²) in [5, 5.41) is 6.28. The molecule has 17 heavy (non-hydrogen) atoms. The average Bonchev–Trinajstić information content (AvgIpc) is 3.04. The van der Waals surface area contributed by atoms with Crippen LogP contribution in [0.1, 0.15) is 43.5 Å². The van der Waals surface area contributed by atoms with Crippen molar-refractivity contribution >= 4 is 11.6 Å². The molecule has 0 aromatic carbocycles. The van der Waals surface area contributed by atoms with Crippen molar-refractivity contribution in [2.24, 2.45) is 0 Å². The minimum absolute atomic E-state index is 0.00833. The van der Waals surface area contributed by atoms with Crippen LogP contribution >= 0.6 is 0 Å². The summed E-state index contributed by atoms with van der Waals surface area (Å²) in [6, 6.07) is 1.76. The topological polar surface area (TPSA) is 54.0 Å². The van der Waals surface area contributed by atoms with Crippen molar-refractivity contribution in [3.63, 3.8) is 0 Å². The fraction of sp³-hybridized carbons (Fsp3) is 0.538. The first-order valence-corrected chi connectivity index (χ1v) is 6.15. The van der Waals surface area contributed by atoms with E-state index in [-0.39, 0.29) is 11.4 Å². The number of rotatable bonds is 5. The molecule has 0 spiro atoms. The van der Waals surface area contributed by atoms with Gasteiger partial charge in [0.2, 0.25) is 0 Å². The Kier molecular flexibility index (Phi) is 3.31. The van der Waals surface area contributed by atoms with Gasteiger partial charge in [0.1, 0.15) is 0 Å². The van der Waals surface area contributed by atoms with Gasteiger partial charge in [0.15, 0.2) is 0 Å². The third-order valence-electron chi connectivity index (χ3n) is 3.05. The summed E-state index contributed by atoms with van der Waals surface area (Å²) < 4.78 is 0. The molecule has 2 rings (SSSR count). The van der Waals surface area contributed by atoms with E-state index in [0.29, 0.717) is 5.56 Å². The standard InChI is InChI=1S/C13H19N3O/c1-3-7-15-11-9-14-8-4-10(11)12(17)16-13(2)5-6-13/h4,8-9,15H,3,5-7H2,1-2H3,(H,16,17). The number of nitrogens with one attached hydrogen (secondary N) is 2. The van der Waals surface area contributed by atoms with Crippen LogP contribution in [0.2, 0.25) is 0 Å². The lowest BCUT2D eigenvalue weighted by molar-refractivity contribution is 0.0936. The molecule has 1 aliphatic rings. The van der Waals surface area contributed by atoms with E-state index in [1.54, 1.807) is 18.5 Å². The van der Waals surface area contributed by atoms with Crippen LogP contribution in [0.25, 0.3) is 0 Å². The summed E-state index contributed by atoms with van der Waals surface area (Å²) in [4.78, 5) is 16.2. The Morgan fingerprint density at radius 2 is 2.29 bits per heavy atom. The maximum absolute atomic E-state index is 12.1. The molecule has 1 amide bonds. The fourth-order valence-electron chi connectivity index (χ4n) is 1.65. The van der Waals surface area contributed by atoms with Crippen LogP contribution in [0, 0.1) is 0 Å². The van der Waals surface area contributed by atoms with Crippen molar-refractivity contribution in [3.05, 3.63) is 24.0 Å². The molecule has 0 saturated heterocycles. The molecule has 1 aliphatic carbocycles. The molecule has 1 fully saturated rings. The fourth-order valence-corrected chi connectivity index (χ4v) is 1.65. The Balaban J connectivity index is 2.10. The molecule has 1 aromatic rings. The maximum Gasteiger partial charge on any atom is 0.253 e. The number of carbonyl (C=O) groups is 1. The first-order chi connectivity index (χ1) is 8.14. The van der Waals surface area contributed by atoms with Crippen LogP contribution in [0.15, 0.2) is 18.5 Å². The molecule has 92 valence electrons. The van der Waals surface area contributed by atoms with Crippen molar-refractivity contribution < 1.29 is 4.79 Å². The summed E-state index contributed by atoms with van der Waals surface area (Å²) in [5.74, 6) is -0.00833. The van der Waals surface area contributed by atoms with Crippen molar-refractivity contribution in [1.29, 1.82) is 0 Å². The lowest BCUT2D eigenvalue weighted by Gasteiger charge is -2.14. The zero-order valence-electron chi connectivity index (χ0n) is 10.4. The van der Waals surface area contributed by atoms with E-state index in [2.05, 4.69) is 29.5 Å². The summed E-state index contributed by atoms with van der Waals surface area (Å²) in [7, 11) is 0. The Bertz CT molecular complexity index is 413. The lowest BCUT2D eigenvalue weighted by Crippen LogP contribution is -2.34.